The number of benzene rings is 1. The Kier molecular flexibility index (Phi) is 3.73. The van der Waals surface area contributed by atoms with E-state index in [0.29, 0.717) is 12.1 Å². The lowest BCUT2D eigenvalue weighted by atomic mass is 10.1. The molecule has 0 bridgehead atoms. The molecule has 0 saturated heterocycles. The summed E-state index contributed by atoms with van der Waals surface area (Å²) in [7, 11) is 1.64. The highest BCUT2D eigenvalue weighted by Crippen LogP contribution is 2.27. The number of pyridine rings is 1. The van der Waals surface area contributed by atoms with Gasteiger partial charge in [-0.1, -0.05) is 0 Å². The zero-order valence-corrected chi connectivity index (χ0v) is 14.5. The van der Waals surface area contributed by atoms with Gasteiger partial charge in [0.05, 0.1) is 23.9 Å². The summed E-state index contributed by atoms with van der Waals surface area (Å²) in [5, 5.41) is 3.06. The molecule has 0 N–H and O–H groups in total. The minimum atomic E-state index is 0.0644. The molecule has 0 atom stereocenters. The van der Waals surface area contributed by atoms with Crippen molar-refractivity contribution in [1.82, 2.24) is 9.88 Å². The number of ether oxygens (including phenoxy) is 1. The van der Waals surface area contributed by atoms with Gasteiger partial charge in [0, 0.05) is 29.4 Å². The van der Waals surface area contributed by atoms with E-state index >= 15 is 0 Å². The van der Waals surface area contributed by atoms with E-state index in [1.54, 1.807) is 18.4 Å². The summed E-state index contributed by atoms with van der Waals surface area (Å²) in [5.41, 5.74) is 3.57. The largest absolute Gasteiger partial charge is 0.497 e. The Labute approximate surface area is 144 Å². The third-order valence-corrected chi connectivity index (χ3v) is 5.56. The summed E-state index contributed by atoms with van der Waals surface area (Å²) >= 11 is 1.78. The molecule has 4 nitrogen and oxygen atoms in total. The molecule has 1 aromatic carbocycles. The van der Waals surface area contributed by atoms with Gasteiger partial charge >= 0.3 is 0 Å². The number of carbonyl (C=O) groups is 1. The highest BCUT2D eigenvalue weighted by atomic mass is 32.1. The van der Waals surface area contributed by atoms with Crippen LogP contribution in [0.1, 0.15) is 26.5 Å². The summed E-state index contributed by atoms with van der Waals surface area (Å²) in [6.45, 7) is 3.36. The number of hydrogen-bond acceptors (Lipinski definition) is 4. The topological polar surface area (TPSA) is 42.4 Å². The molecule has 24 heavy (non-hydrogen) atoms. The standard InChI is InChI=1S/C19H18N2O2S/c1-12-16(9-13-3-4-15(23-2)10-17(13)20-12)19(22)21-7-5-18-14(11-21)6-8-24-18/h3-4,6,8-10H,5,7,11H2,1-2H3. The van der Waals surface area contributed by atoms with Gasteiger partial charge in [-0.15, -0.1) is 11.3 Å². The van der Waals surface area contributed by atoms with Gasteiger partial charge in [0.15, 0.2) is 0 Å². The van der Waals surface area contributed by atoms with Crippen LogP contribution in [-0.2, 0) is 13.0 Å². The molecule has 1 amide bonds. The summed E-state index contributed by atoms with van der Waals surface area (Å²) in [4.78, 5) is 20.9. The minimum absolute atomic E-state index is 0.0644. The average molecular weight is 338 g/mol. The number of methoxy groups -OCH3 is 1. The van der Waals surface area contributed by atoms with Crippen LogP contribution in [0.3, 0.4) is 0 Å². The van der Waals surface area contributed by atoms with Crippen molar-refractivity contribution < 1.29 is 9.53 Å². The molecule has 4 rings (SSSR count). The summed E-state index contributed by atoms with van der Waals surface area (Å²) < 4.78 is 5.25. The number of aryl methyl sites for hydroxylation is 1. The van der Waals surface area contributed by atoms with Gasteiger partial charge in [0.2, 0.25) is 0 Å². The molecule has 0 unspecified atom stereocenters. The number of amides is 1. The highest BCUT2D eigenvalue weighted by Gasteiger charge is 2.24. The normalized spacial score (nSPS) is 13.8. The van der Waals surface area contributed by atoms with Crippen molar-refractivity contribution in [2.45, 2.75) is 19.9 Å². The van der Waals surface area contributed by atoms with E-state index in [-0.39, 0.29) is 5.91 Å². The monoisotopic (exact) mass is 338 g/mol. The van der Waals surface area contributed by atoms with Crippen molar-refractivity contribution in [2.24, 2.45) is 0 Å². The third-order valence-electron chi connectivity index (χ3n) is 4.54. The fourth-order valence-electron chi connectivity index (χ4n) is 3.18. The van der Waals surface area contributed by atoms with E-state index in [1.807, 2.05) is 36.1 Å². The van der Waals surface area contributed by atoms with Gasteiger partial charge in [-0.2, -0.15) is 0 Å². The van der Waals surface area contributed by atoms with Crippen LogP contribution in [0.4, 0.5) is 0 Å². The van der Waals surface area contributed by atoms with E-state index in [9.17, 15) is 4.79 Å². The Balaban J connectivity index is 1.68. The van der Waals surface area contributed by atoms with E-state index in [1.165, 1.54) is 10.4 Å². The second-order valence-electron chi connectivity index (χ2n) is 6.03. The van der Waals surface area contributed by atoms with Crippen LogP contribution in [0.15, 0.2) is 35.7 Å². The first-order valence-corrected chi connectivity index (χ1v) is 8.83. The maximum atomic E-state index is 13.0. The predicted octanol–water partition coefficient (Wildman–Crippen LogP) is 3.81. The second kappa shape index (κ2) is 5.91. The summed E-state index contributed by atoms with van der Waals surface area (Å²) in [6.07, 6.45) is 0.940. The first kappa shape index (κ1) is 15.1. The number of nitrogens with zero attached hydrogens (tertiary/aromatic N) is 2. The van der Waals surface area contributed by atoms with Crippen LogP contribution in [0.2, 0.25) is 0 Å². The fourth-order valence-corrected chi connectivity index (χ4v) is 4.07. The first-order valence-electron chi connectivity index (χ1n) is 7.95. The lowest BCUT2D eigenvalue weighted by Gasteiger charge is -2.27. The van der Waals surface area contributed by atoms with Crippen molar-refractivity contribution >= 4 is 28.1 Å². The Hall–Kier alpha value is -2.40. The number of aromatic nitrogens is 1. The van der Waals surface area contributed by atoms with Gasteiger partial charge < -0.3 is 9.64 Å². The molecule has 0 aliphatic carbocycles. The zero-order valence-electron chi connectivity index (χ0n) is 13.7. The lowest BCUT2D eigenvalue weighted by Crippen LogP contribution is -2.35. The molecule has 0 radical (unpaired) electrons. The van der Waals surface area contributed by atoms with Gasteiger partial charge in [0.1, 0.15) is 5.75 Å². The zero-order chi connectivity index (χ0) is 16.7. The molecule has 1 aliphatic heterocycles. The van der Waals surface area contributed by atoms with Crippen LogP contribution in [0.25, 0.3) is 10.9 Å². The van der Waals surface area contributed by atoms with Gasteiger partial charge in [0.25, 0.3) is 5.91 Å². The second-order valence-corrected chi connectivity index (χ2v) is 7.03. The quantitative estimate of drug-likeness (QED) is 0.713. The molecule has 0 spiro atoms. The number of rotatable bonds is 2. The van der Waals surface area contributed by atoms with Crippen molar-refractivity contribution in [3.05, 3.63) is 57.4 Å². The summed E-state index contributed by atoms with van der Waals surface area (Å²) in [6, 6.07) is 9.81. The van der Waals surface area contributed by atoms with Crippen molar-refractivity contribution in [2.75, 3.05) is 13.7 Å². The molecular weight excluding hydrogens is 320 g/mol. The smallest absolute Gasteiger partial charge is 0.256 e. The molecule has 122 valence electrons. The lowest BCUT2D eigenvalue weighted by molar-refractivity contribution is 0.0735. The van der Waals surface area contributed by atoms with Crippen LogP contribution >= 0.6 is 11.3 Å². The van der Waals surface area contributed by atoms with E-state index in [0.717, 1.165) is 35.3 Å². The van der Waals surface area contributed by atoms with Crippen molar-refractivity contribution in [3.63, 3.8) is 0 Å². The number of fused-ring (bicyclic) bond motifs is 2. The molecule has 3 heterocycles. The van der Waals surface area contributed by atoms with Crippen LogP contribution < -0.4 is 4.74 Å². The fraction of sp³-hybridized carbons (Fsp3) is 0.263. The van der Waals surface area contributed by atoms with E-state index < -0.39 is 0 Å². The summed E-state index contributed by atoms with van der Waals surface area (Å²) in [5.74, 6) is 0.837. The molecule has 5 heteroatoms. The van der Waals surface area contributed by atoms with Crippen LogP contribution in [0.5, 0.6) is 5.75 Å². The molecule has 1 aliphatic rings. The number of hydrogen-bond donors (Lipinski definition) is 0. The molecule has 0 fully saturated rings. The van der Waals surface area contributed by atoms with Gasteiger partial charge in [-0.25, -0.2) is 0 Å². The van der Waals surface area contributed by atoms with Crippen molar-refractivity contribution in [3.8, 4) is 5.75 Å². The van der Waals surface area contributed by atoms with E-state index in [4.69, 9.17) is 4.74 Å². The highest BCUT2D eigenvalue weighted by molar-refractivity contribution is 7.10. The third kappa shape index (κ3) is 2.55. The van der Waals surface area contributed by atoms with Gasteiger partial charge in [-0.3, -0.25) is 9.78 Å². The first-order chi connectivity index (χ1) is 11.7. The maximum absolute atomic E-state index is 13.0. The molecule has 3 aromatic rings. The molecule has 0 saturated carbocycles. The molecular formula is C19H18N2O2S. The van der Waals surface area contributed by atoms with Crippen molar-refractivity contribution in [1.29, 1.82) is 0 Å². The Morgan fingerprint density at radius 3 is 3.00 bits per heavy atom. The Morgan fingerprint density at radius 2 is 2.17 bits per heavy atom. The SMILES string of the molecule is COc1ccc2cc(C(=O)N3CCc4sccc4C3)c(C)nc2c1. The Bertz CT molecular complexity index is 932. The number of carbonyl (C=O) groups excluding carboxylic acids is 1. The number of thiophene rings is 1. The van der Waals surface area contributed by atoms with Gasteiger partial charge in [-0.05, 0) is 48.6 Å². The molecule has 2 aromatic heterocycles. The average Bonchev–Trinajstić information content (AvgIpc) is 3.07. The van der Waals surface area contributed by atoms with Crippen LogP contribution in [-0.4, -0.2) is 29.4 Å². The minimum Gasteiger partial charge on any atom is -0.497 e. The van der Waals surface area contributed by atoms with Crippen LogP contribution in [0, 0.1) is 6.92 Å². The van der Waals surface area contributed by atoms with E-state index in [2.05, 4.69) is 16.4 Å². The predicted molar refractivity (Wildman–Crippen MR) is 95.8 cm³/mol. The maximum Gasteiger partial charge on any atom is 0.256 e. The Morgan fingerprint density at radius 1 is 1.29 bits per heavy atom.